The van der Waals surface area contributed by atoms with Gasteiger partial charge in [-0.25, -0.2) is 0 Å². The Morgan fingerprint density at radius 3 is 2.87 bits per heavy atom. The van der Waals surface area contributed by atoms with Gasteiger partial charge in [0.25, 0.3) is 5.56 Å². The zero-order valence-electron chi connectivity index (χ0n) is 12.9. The van der Waals surface area contributed by atoms with Crippen LogP contribution in [0, 0.1) is 11.3 Å². The van der Waals surface area contributed by atoms with Gasteiger partial charge < -0.3 is 9.47 Å². The molecule has 1 aromatic carbocycles. The standard InChI is InChI=1S/C18H16N2O3/c1-18(12-22-2)10-15(20-8-4-3-5-17(20)21)14-9-13(11-19)6-7-16(14)23-18/h3-10H,12H2,1-2H3. The summed E-state index contributed by atoms with van der Waals surface area (Å²) in [4.78, 5) is 12.2. The number of ether oxygens (including phenoxy) is 2. The number of nitrogens with zero attached hydrogens (tertiary/aromatic N) is 2. The van der Waals surface area contributed by atoms with E-state index < -0.39 is 5.60 Å². The number of hydrogen-bond acceptors (Lipinski definition) is 4. The van der Waals surface area contributed by atoms with Crippen LogP contribution in [-0.4, -0.2) is 23.9 Å². The Labute approximate surface area is 134 Å². The van der Waals surface area contributed by atoms with E-state index >= 15 is 0 Å². The highest BCUT2D eigenvalue weighted by atomic mass is 16.5. The van der Waals surface area contributed by atoms with E-state index in [0.29, 0.717) is 29.2 Å². The number of benzene rings is 1. The van der Waals surface area contributed by atoms with E-state index in [2.05, 4.69) is 6.07 Å². The van der Waals surface area contributed by atoms with Crippen LogP contribution in [0.25, 0.3) is 5.70 Å². The topological polar surface area (TPSA) is 64.2 Å². The summed E-state index contributed by atoms with van der Waals surface area (Å²) in [5.41, 5.74) is 1.08. The van der Waals surface area contributed by atoms with Crippen LogP contribution in [0.15, 0.2) is 53.5 Å². The van der Waals surface area contributed by atoms with Crippen LogP contribution in [0.2, 0.25) is 0 Å². The van der Waals surface area contributed by atoms with Crippen molar-refractivity contribution in [2.24, 2.45) is 0 Å². The SMILES string of the molecule is COCC1(C)C=C(n2ccccc2=O)c2cc(C#N)ccc2O1. The van der Waals surface area contributed by atoms with Crippen LogP contribution in [-0.2, 0) is 4.74 Å². The molecule has 0 fully saturated rings. The number of methoxy groups -OCH3 is 1. The summed E-state index contributed by atoms with van der Waals surface area (Å²) in [6.07, 6.45) is 3.57. The summed E-state index contributed by atoms with van der Waals surface area (Å²) in [5, 5.41) is 9.14. The van der Waals surface area contributed by atoms with Crippen LogP contribution in [0.1, 0.15) is 18.1 Å². The average Bonchev–Trinajstić information content (AvgIpc) is 2.54. The van der Waals surface area contributed by atoms with Gasteiger partial charge in [-0.2, -0.15) is 5.26 Å². The van der Waals surface area contributed by atoms with Gasteiger partial charge in [-0.05, 0) is 37.3 Å². The molecule has 5 heteroatoms. The quantitative estimate of drug-likeness (QED) is 0.873. The van der Waals surface area contributed by atoms with Gasteiger partial charge in [0.1, 0.15) is 11.4 Å². The van der Waals surface area contributed by atoms with Crippen LogP contribution < -0.4 is 10.3 Å². The molecule has 1 aliphatic rings. The van der Waals surface area contributed by atoms with E-state index in [4.69, 9.17) is 14.7 Å². The fraction of sp³-hybridized carbons (Fsp3) is 0.222. The fourth-order valence-corrected chi connectivity index (χ4v) is 2.72. The monoisotopic (exact) mass is 308 g/mol. The molecule has 5 nitrogen and oxygen atoms in total. The zero-order chi connectivity index (χ0) is 16.4. The van der Waals surface area contributed by atoms with Gasteiger partial charge in [0.2, 0.25) is 0 Å². The Hall–Kier alpha value is -2.84. The summed E-state index contributed by atoms with van der Waals surface area (Å²) in [5.74, 6) is 0.622. The maximum atomic E-state index is 12.2. The first-order valence-electron chi connectivity index (χ1n) is 7.20. The van der Waals surface area contributed by atoms with Crippen LogP contribution in [0.5, 0.6) is 5.75 Å². The van der Waals surface area contributed by atoms with E-state index in [9.17, 15) is 4.79 Å². The first-order valence-corrected chi connectivity index (χ1v) is 7.20. The Morgan fingerprint density at radius 1 is 1.35 bits per heavy atom. The van der Waals surface area contributed by atoms with Crippen molar-refractivity contribution in [2.45, 2.75) is 12.5 Å². The molecule has 0 N–H and O–H groups in total. The normalized spacial score (nSPS) is 19.3. The van der Waals surface area contributed by atoms with Crippen molar-refractivity contribution < 1.29 is 9.47 Å². The van der Waals surface area contributed by atoms with Gasteiger partial charge in [-0.15, -0.1) is 0 Å². The number of nitriles is 1. The third-order valence-corrected chi connectivity index (χ3v) is 3.68. The predicted molar refractivity (Wildman–Crippen MR) is 86.1 cm³/mol. The van der Waals surface area contributed by atoms with Gasteiger partial charge in [0.05, 0.1) is 23.9 Å². The minimum absolute atomic E-state index is 0.145. The number of fused-ring (bicyclic) bond motifs is 1. The molecule has 23 heavy (non-hydrogen) atoms. The summed E-state index contributed by atoms with van der Waals surface area (Å²) < 4.78 is 12.8. The lowest BCUT2D eigenvalue weighted by molar-refractivity contribution is 0.0370. The molecular weight excluding hydrogens is 292 g/mol. The van der Waals surface area contributed by atoms with Gasteiger partial charge in [-0.1, -0.05) is 6.07 Å². The van der Waals surface area contributed by atoms with E-state index in [-0.39, 0.29) is 5.56 Å². The van der Waals surface area contributed by atoms with Crippen molar-refractivity contribution in [1.29, 1.82) is 5.26 Å². The number of pyridine rings is 1. The predicted octanol–water partition coefficient (Wildman–Crippen LogP) is 2.41. The molecule has 116 valence electrons. The van der Waals surface area contributed by atoms with Crippen molar-refractivity contribution in [3.63, 3.8) is 0 Å². The van der Waals surface area contributed by atoms with Crippen molar-refractivity contribution >= 4 is 5.70 Å². The highest BCUT2D eigenvalue weighted by Crippen LogP contribution is 2.37. The molecule has 1 atom stereocenters. The summed E-state index contributed by atoms with van der Waals surface area (Å²) in [6.45, 7) is 2.24. The molecule has 0 radical (unpaired) electrons. The van der Waals surface area contributed by atoms with Crippen LogP contribution >= 0.6 is 0 Å². The maximum absolute atomic E-state index is 12.2. The summed E-state index contributed by atoms with van der Waals surface area (Å²) >= 11 is 0. The summed E-state index contributed by atoms with van der Waals surface area (Å²) in [7, 11) is 1.60. The number of hydrogen-bond donors (Lipinski definition) is 0. The van der Waals surface area contributed by atoms with Gasteiger partial charge in [0.15, 0.2) is 0 Å². The maximum Gasteiger partial charge on any atom is 0.255 e. The second-order valence-corrected chi connectivity index (χ2v) is 5.61. The second-order valence-electron chi connectivity index (χ2n) is 5.61. The lowest BCUT2D eigenvalue weighted by Crippen LogP contribution is -2.39. The van der Waals surface area contributed by atoms with Crippen LogP contribution in [0.3, 0.4) is 0 Å². The summed E-state index contributed by atoms with van der Waals surface area (Å²) in [6, 6.07) is 12.3. The van der Waals surface area contributed by atoms with Crippen molar-refractivity contribution in [3.05, 3.63) is 70.2 Å². The van der Waals surface area contributed by atoms with Crippen molar-refractivity contribution in [1.82, 2.24) is 4.57 Å². The molecule has 1 aromatic heterocycles. The lowest BCUT2D eigenvalue weighted by atomic mass is 9.96. The molecule has 0 aliphatic carbocycles. The Morgan fingerprint density at radius 2 is 2.17 bits per heavy atom. The van der Waals surface area contributed by atoms with Crippen molar-refractivity contribution in [2.75, 3.05) is 13.7 Å². The zero-order valence-corrected chi connectivity index (χ0v) is 12.9. The highest BCUT2D eigenvalue weighted by Gasteiger charge is 2.32. The second kappa shape index (κ2) is 5.75. The Balaban J connectivity index is 2.25. The van der Waals surface area contributed by atoms with E-state index in [1.165, 1.54) is 6.07 Å². The molecule has 0 bridgehead atoms. The molecule has 0 spiro atoms. The number of aromatic nitrogens is 1. The third kappa shape index (κ3) is 2.77. The first-order chi connectivity index (χ1) is 11.1. The smallest absolute Gasteiger partial charge is 0.255 e. The molecule has 0 saturated heterocycles. The molecule has 1 aliphatic heterocycles. The molecule has 2 heterocycles. The van der Waals surface area contributed by atoms with Crippen LogP contribution in [0.4, 0.5) is 0 Å². The van der Waals surface area contributed by atoms with E-state index in [1.54, 1.807) is 48.2 Å². The van der Waals surface area contributed by atoms with E-state index in [0.717, 1.165) is 0 Å². The minimum Gasteiger partial charge on any atom is -0.480 e. The van der Waals surface area contributed by atoms with Gasteiger partial charge >= 0.3 is 0 Å². The molecule has 3 rings (SSSR count). The average molecular weight is 308 g/mol. The third-order valence-electron chi connectivity index (χ3n) is 3.68. The largest absolute Gasteiger partial charge is 0.480 e. The minimum atomic E-state index is -0.694. The molecule has 2 aromatic rings. The number of rotatable bonds is 3. The van der Waals surface area contributed by atoms with Gasteiger partial charge in [-0.3, -0.25) is 9.36 Å². The highest BCUT2D eigenvalue weighted by molar-refractivity contribution is 5.74. The molecule has 1 unspecified atom stereocenters. The fourth-order valence-electron chi connectivity index (χ4n) is 2.72. The lowest BCUT2D eigenvalue weighted by Gasteiger charge is -2.33. The molecule has 0 amide bonds. The first kappa shape index (κ1) is 15.1. The van der Waals surface area contributed by atoms with Gasteiger partial charge in [0, 0.05) is 24.9 Å². The molecular formula is C18H16N2O3. The van der Waals surface area contributed by atoms with E-state index in [1.807, 2.05) is 13.0 Å². The Bertz CT molecular complexity index is 876. The Kier molecular flexibility index (Phi) is 3.77. The molecule has 0 saturated carbocycles. The van der Waals surface area contributed by atoms with Crippen molar-refractivity contribution in [3.8, 4) is 11.8 Å².